The van der Waals surface area contributed by atoms with Gasteiger partial charge in [0.1, 0.15) is 5.69 Å². The first-order valence-electron chi connectivity index (χ1n) is 10.6. The Labute approximate surface area is 172 Å². The summed E-state index contributed by atoms with van der Waals surface area (Å²) in [5.74, 6) is 0.115. The fourth-order valence-electron chi connectivity index (χ4n) is 5.17. The van der Waals surface area contributed by atoms with Gasteiger partial charge in [-0.2, -0.15) is 0 Å². The minimum absolute atomic E-state index is 0.0449. The molecular weight excluding hydrogens is 360 g/mol. The van der Waals surface area contributed by atoms with Crippen LogP contribution in [0.5, 0.6) is 0 Å². The van der Waals surface area contributed by atoms with E-state index in [1.807, 2.05) is 31.2 Å². The number of allylic oxidation sites excluding steroid dienone is 1. The molecule has 0 radical (unpaired) electrons. The summed E-state index contributed by atoms with van der Waals surface area (Å²) in [5.41, 5.74) is 2.90. The topological polar surface area (TPSA) is 59.1 Å². The molecule has 3 atom stereocenters. The normalized spacial score (nSPS) is 26.4. The monoisotopic (exact) mass is 388 g/mol. The second-order valence-electron chi connectivity index (χ2n) is 8.33. The van der Waals surface area contributed by atoms with Crippen molar-refractivity contribution in [1.29, 1.82) is 0 Å². The first-order valence-corrected chi connectivity index (χ1v) is 10.6. The van der Waals surface area contributed by atoms with Gasteiger partial charge in [0.15, 0.2) is 5.78 Å². The fraction of sp³-hybridized carbons (Fsp3) is 0.400. The van der Waals surface area contributed by atoms with Crippen molar-refractivity contribution in [1.82, 2.24) is 10.3 Å². The minimum atomic E-state index is -0.626. The highest BCUT2D eigenvalue weighted by Crippen LogP contribution is 2.47. The summed E-state index contributed by atoms with van der Waals surface area (Å²) in [6.45, 7) is 4.13. The third-order valence-corrected chi connectivity index (χ3v) is 6.72. The molecule has 29 heavy (non-hydrogen) atoms. The van der Waals surface area contributed by atoms with Crippen molar-refractivity contribution >= 4 is 17.8 Å². The summed E-state index contributed by atoms with van der Waals surface area (Å²) < 4.78 is 0. The molecule has 4 rings (SSSR count). The molecule has 0 saturated heterocycles. The van der Waals surface area contributed by atoms with Crippen molar-refractivity contribution in [3.8, 4) is 0 Å². The van der Waals surface area contributed by atoms with Crippen LogP contribution < -0.4 is 5.32 Å². The lowest BCUT2D eigenvalue weighted by molar-refractivity contribution is -0.123. The van der Waals surface area contributed by atoms with Crippen LogP contribution in [-0.2, 0) is 10.2 Å². The van der Waals surface area contributed by atoms with Crippen LogP contribution in [0.15, 0.2) is 54.2 Å². The number of nitrogens with zero attached hydrogens (tertiary/aromatic N) is 1. The lowest BCUT2D eigenvalue weighted by atomic mass is 9.58. The summed E-state index contributed by atoms with van der Waals surface area (Å²) in [4.78, 5) is 30.7. The SMILES string of the molecule is CCC1=Cc2ccccc2[C@@](C)([C@H]2CCCC[C@H]2NC(=O)c2ccccn2)C1=O. The number of benzene rings is 1. The van der Waals surface area contributed by atoms with Gasteiger partial charge >= 0.3 is 0 Å². The van der Waals surface area contributed by atoms with Gasteiger partial charge in [0.2, 0.25) is 0 Å². The Balaban J connectivity index is 1.71. The highest BCUT2D eigenvalue weighted by Gasteiger charge is 2.50. The molecular formula is C25H28N2O2. The number of nitrogens with one attached hydrogen (secondary N) is 1. The summed E-state index contributed by atoms with van der Waals surface area (Å²) in [7, 11) is 0. The molecule has 2 aliphatic carbocycles. The van der Waals surface area contributed by atoms with Gasteiger partial charge in [0.25, 0.3) is 5.91 Å². The van der Waals surface area contributed by atoms with E-state index in [1.54, 1.807) is 18.3 Å². The number of hydrogen-bond donors (Lipinski definition) is 1. The Morgan fingerprint density at radius 3 is 2.66 bits per heavy atom. The number of fused-ring (bicyclic) bond motifs is 1. The maximum absolute atomic E-state index is 13.6. The largest absolute Gasteiger partial charge is 0.348 e. The van der Waals surface area contributed by atoms with Gasteiger partial charge < -0.3 is 5.32 Å². The molecule has 2 aromatic rings. The Bertz CT molecular complexity index is 950. The number of pyridine rings is 1. The number of Topliss-reactive ketones (excluding diaryl/α,β-unsaturated/α-hetero) is 1. The van der Waals surface area contributed by atoms with Gasteiger partial charge in [-0.3, -0.25) is 14.6 Å². The average Bonchev–Trinajstić information content (AvgIpc) is 2.77. The number of hydrogen-bond acceptors (Lipinski definition) is 3. The van der Waals surface area contributed by atoms with Crippen molar-refractivity contribution in [3.63, 3.8) is 0 Å². The molecule has 0 unspecified atom stereocenters. The molecule has 1 heterocycles. The van der Waals surface area contributed by atoms with Gasteiger partial charge in [-0.1, -0.05) is 50.1 Å². The molecule has 150 valence electrons. The molecule has 4 heteroatoms. The predicted molar refractivity (Wildman–Crippen MR) is 115 cm³/mol. The van der Waals surface area contributed by atoms with Crippen LogP contribution in [-0.4, -0.2) is 22.7 Å². The molecule has 1 amide bonds. The number of ketones is 1. The molecule has 0 bridgehead atoms. The van der Waals surface area contributed by atoms with Gasteiger partial charge in [-0.15, -0.1) is 0 Å². The van der Waals surface area contributed by atoms with Crippen LogP contribution >= 0.6 is 0 Å². The van der Waals surface area contributed by atoms with Crippen molar-refractivity contribution in [3.05, 3.63) is 71.1 Å². The van der Waals surface area contributed by atoms with Gasteiger partial charge in [0.05, 0.1) is 5.41 Å². The number of aromatic nitrogens is 1. The van der Waals surface area contributed by atoms with Gasteiger partial charge in [-0.25, -0.2) is 0 Å². The average molecular weight is 389 g/mol. The van der Waals surface area contributed by atoms with Crippen LogP contribution in [0.3, 0.4) is 0 Å². The third kappa shape index (κ3) is 3.41. The van der Waals surface area contributed by atoms with E-state index < -0.39 is 5.41 Å². The molecule has 0 aliphatic heterocycles. The van der Waals surface area contributed by atoms with Gasteiger partial charge in [0, 0.05) is 12.2 Å². The molecule has 1 fully saturated rings. The van der Waals surface area contributed by atoms with E-state index in [0.717, 1.165) is 48.8 Å². The molecule has 2 aliphatic rings. The molecule has 4 nitrogen and oxygen atoms in total. The first-order chi connectivity index (χ1) is 14.1. The van der Waals surface area contributed by atoms with Crippen LogP contribution in [0, 0.1) is 5.92 Å². The lowest BCUT2D eigenvalue weighted by Crippen LogP contribution is -2.54. The smallest absolute Gasteiger partial charge is 0.270 e. The van der Waals surface area contributed by atoms with E-state index in [4.69, 9.17) is 0 Å². The first kappa shape index (κ1) is 19.6. The number of carbonyl (C=O) groups excluding carboxylic acids is 2. The van der Waals surface area contributed by atoms with E-state index in [2.05, 4.69) is 29.4 Å². The van der Waals surface area contributed by atoms with Crippen LogP contribution in [0.2, 0.25) is 0 Å². The van der Waals surface area contributed by atoms with Crippen molar-refractivity contribution < 1.29 is 9.59 Å². The zero-order chi connectivity index (χ0) is 20.4. The van der Waals surface area contributed by atoms with Crippen LogP contribution in [0.4, 0.5) is 0 Å². The summed E-state index contributed by atoms with van der Waals surface area (Å²) in [5, 5.41) is 3.22. The van der Waals surface area contributed by atoms with Gasteiger partial charge in [-0.05, 0) is 67.0 Å². The second-order valence-corrected chi connectivity index (χ2v) is 8.33. The lowest BCUT2D eigenvalue weighted by Gasteiger charge is -2.46. The highest BCUT2D eigenvalue weighted by atomic mass is 16.2. The zero-order valence-electron chi connectivity index (χ0n) is 17.2. The number of rotatable bonds is 4. The summed E-state index contributed by atoms with van der Waals surface area (Å²) >= 11 is 0. The van der Waals surface area contributed by atoms with E-state index in [-0.39, 0.29) is 23.7 Å². The van der Waals surface area contributed by atoms with E-state index in [1.165, 1.54) is 0 Å². The third-order valence-electron chi connectivity index (χ3n) is 6.72. The van der Waals surface area contributed by atoms with Crippen molar-refractivity contribution in [2.24, 2.45) is 5.92 Å². The molecule has 1 saturated carbocycles. The van der Waals surface area contributed by atoms with E-state index in [0.29, 0.717) is 5.69 Å². The Morgan fingerprint density at radius 1 is 1.14 bits per heavy atom. The quantitative estimate of drug-likeness (QED) is 0.826. The maximum Gasteiger partial charge on any atom is 0.270 e. The van der Waals surface area contributed by atoms with E-state index >= 15 is 0 Å². The fourth-order valence-corrected chi connectivity index (χ4v) is 5.17. The highest BCUT2D eigenvalue weighted by molar-refractivity contribution is 6.09. The Hall–Kier alpha value is -2.75. The molecule has 0 spiro atoms. The summed E-state index contributed by atoms with van der Waals surface area (Å²) in [6, 6.07) is 13.5. The van der Waals surface area contributed by atoms with Crippen molar-refractivity contribution in [2.45, 2.75) is 57.4 Å². The van der Waals surface area contributed by atoms with Crippen LogP contribution in [0.25, 0.3) is 6.08 Å². The predicted octanol–water partition coefficient (Wildman–Crippen LogP) is 4.70. The number of carbonyl (C=O) groups is 2. The second kappa shape index (κ2) is 7.94. The Kier molecular flexibility index (Phi) is 5.35. The van der Waals surface area contributed by atoms with Crippen LogP contribution in [0.1, 0.15) is 67.6 Å². The minimum Gasteiger partial charge on any atom is -0.348 e. The summed E-state index contributed by atoms with van der Waals surface area (Å²) in [6.07, 6.45) is 8.36. The zero-order valence-corrected chi connectivity index (χ0v) is 17.2. The molecule has 1 N–H and O–H groups in total. The molecule has 1 aromatic heterocycles. The number of amides is 1. The maximum atomic E-state index is 13.6. The van der Waals surface area contributed by atoms with E-state index in [9.17, 15) is 9.59 Å². The molecule has 1 aromatic carbocycles. The standard InChI is InChI=1S/C25H28N2O2/c1-3-17-16-18-10-4-5-11-19(18)25(2,23(17)28)20-12-6-7-13-21(20)27-24(29)22-14-8-9-15-26-22/h4-5,8-11,14-16,20-21H,3,6-7,12-13H2,1-2H3,(H,27,29)/t20-,21+,25-/m0/s1. The van der Waals surface area contributed by atoms with Crippen molar-refractivity contribution in [2.75, 3.05) is 0 Å². The Morgan fingerprint density at radius 2 is 1.90 bits per heavy atom.